The molecular formula is C15H23N3O2. The number of nitrogens with two attached hydrogens (primary N) is 1. The highest BCUT2D eigenvalue weighted by atomic mass is 16.2. The van der Waals surface area contributed by atoms with Gasteiger partial charge >= 0.3 is 0 Å². The van der Waals surface area contributed by atoms with Crippen molar-refractivity contribution in [3.05, 3.63) is 33.7 Å². The van der Waals surface area contributed by atoms with Crippen LogP contribution in [0.2, 0.25) is 0 Å². The topological polar surface area (TPSA) is 79.2 Å². The highest BCUT2D eigenvalue weighted by Gasteiger charge is 2.31. The van der Waals surface area contributed by atoms with Gasteiger partial charge in [-0.2, -0.15) is 0 Å². The van der Waals surface area contributed by atoms with Crippen molar-refractivity contribution >= 4 is 5.91 Å². The van der Waals surface area contributed by atoms with E-state index in [0.29, 0.717) is 19.0 Å². The van der Waals surface area contributed by atoms with Gasteiger partial charge in [-0.05, 0) is 37.8 Å². The molecule has 1 aliphatic rings. The van der Waals surface area contributed by atoms with Crippen LogP contribution in [-0.4, -0.2) is 34.9 Å². The number of pyridine rings is 1. The lowest BCUT2D eigenvalue weighted by molar-refractivity contribution is 0.0556. The summed E-state index contributed by atoms with van der Waals surface area (Å²) in [5.41, 5.74) is 6.46. The van der Waals surface area contributed by atoms with E-state index in [1.807, 2.05) is 0 Å². The van der Waals surface area contributed by atoms with E-state index < -0.39 is 0 Å². The molecule has 2 atom stereocenters. The van der Waals surface area contributed by atoms with Gasteiger partial charge in [0.15, 0.2) is 0 Å². The first-order valence-corrected chi connectivity index (χ1v) is 7.27. The molecule has 1 amide bonds. The zero-order chi connectivity index (χ0) is 14.7. The number of aromatic amines is 1. The molecule has 1 aliphatic heterocycles. The van der Waals surface area contributed by atoms with Crippen LogP contribution in [0.15, 0.2) is 16.9 Å². The van der Waals surface area contributed by atoms with E-state index in [9.17, 15) is 9.59 Å². The number of H-pyrrole nitrogens is 1. The van der Waals surface area contributed by atoms with Crippen LogP contribution in [0.4, 0.5) is 0 Å². The molecule has 0 aromatic carbocycles. The fraction of sp³-hybridized carbons (Fsp3) is 0.600. The number of carbonyl (C=O) groups is 1. The minimum absolute atomic E-state index is 0.0434. The van der Waals surface area contributed by atoms with Gasteiger partial charge in [0.05, 0.1) is 0 Å². The summed E-state index contributed by atoms with van der Waals surface area (Å²) in [6.07, 6.45) is 3.04. The van der Waals surface area contributed by atoms with Gasteiger partial charge < -0.3 is 15.6 Å². The molecular weight excluding hydrogens is 254 g/mol. The molecule has 0 spiro atoms. The Bertz CT molecular complexity index is 538. The molecule has 2 unspecified atom stereocenters. The van der Waals surface area contributed by atoms with Gasteiger partial charge in [0.2, 0.25) is 0 Å². The fourth-order valence-electron chi connectivity index (χ4n) is 2.89. The summed E-state index contributed by atoms with van der Waals surface area (Å²) in [7, 11) is 0. The lowest BCUT2D eigenvalue weighted by Gasteiger charge is -2.38. The number of likely N-dealkylation sites (tertiary alicyclic amines) is 1. The van der Waals surface area contributed by atoms with Crippen LogP contribution < -0.4 is 11.3 Å². The Morgan fingerprint density at radius 2 is 2.25 bits per heavy atom. The minimum Gasteiger partial charge on any atom is -0.334 e. The smallest absolute Gasteiger partial charge is 0.260 e. The number of rotatable bonds is 3. The summed E-state index contributed by atoms with van der Waals surface area (Å²) in [5.74, 6) is 0.431. The molecule has 5 heteroatoms. The van der Waals surface area contributed by atoms with Crippen molar-refractivity contribution in [2.75, 3.05) is 13.1 Å². The van der Waals surface area contributed by atoms with Crippen LogP contribution in [0.25, 0.3) is 0 Å². The van der Waals surface area contributed by atoms with E-state index in [4.69, 9.17) is 5.73 Å². The van der Waals surface area contributed by atoms with Crippen molar-refractivity contribution in [2.45, 2.75) is 39.2 Å². The van der Waals surface area contributed by atoms with Gasteiger partial charge in [-0.15, -0.1) is 0 Å². The second-order valence-electron chi connectivity index (χ2n) is 5.57. The molecule has 20 heavy (non-hydrogen) atoms. The predicted molar refractivity (Wildman–Crippen MR) is 78.7 cm³/mol. The van der Waals surface area contributed by atoms with Crippen LogP contribution >= 0.6 is 0 Å². The van der Waals surface area contributed by atoms with E-state index >= 15 is 0 Å². The zero-order valence-corrected chi connectivity index (χ0v) is 12.2. The number of aryl methyl sites for hydroxylation is 1. The largest absolute Gasteiger partial charge is 0.334 e. The van der Waals surface area contributed by atoms with E-state index in [1.165, 1.54) is 0 Å². The van der Waals surface area contributed by atoms with E-state index in [0.717, 1.165) is 25.0 Å². The van der Waals surface area contributed by atoms with Gasteiger partial charge in [0.1, 0.15) is 5.56 Å². The maximum absolute atomic E-state index is 12.5. The number of aromatic nitrogens is 1. The maximum Gasteiger partial charge on any atom is 0.260 e. The summed E-state index contributed by atoms with van der Waals surface area (Å²) < 4.78 is 0. The number of nitrogens with one attached hydrogen (secondary N) is 1. The van der Waals surface area contributed by atoms with Gasteiger partial charge in [-0.3, -0.25) is 9.59 Å². The number of piperidine rings is 1. The Hall–Kier alpha value is -1.62. The first kappa shape index (κ1) is 14.8. The first-order chi connectivity index (χ1) is 9.56. The lowest BCUT2D eigenvalue weighted by atomic mass is 9.88. The fourth-order valence-corrected chi connectivity index (χ4v) is 2.89. The summed E-state index contributed by atoms with van der Waals surface area (Å²) in [4.78, 5) is 28.9. The number of amides is 1. The van der Waals surface area contributed by atoms with Gasteiger partial charge in [-0.1, -0.05) is 13.3 Å². The van der Waals surface area contributed by atoms with Crippen LogP contribution in [0.5, 0.6) is 0 Å². The summed E-state index contributed by atoms with van der Waals surface area (Å²) >= 11 is 0. The van der Waals surface area contributed by atoms with Gasteiger partial charge in [0, 0.05) is 24.8 Å². The maximum atomic E-state index is 12.5. The highest BCUT2D eigenvalue weighted by molar-refractivity contribution is 5.94. The van der Waals surface area contributed by atoms with Crippen molar-refractivity contribution in [2.24, 2.45) is 11.7 Å². The van der Waals surface area contributed by atoms with Crippen LogP contribution in [0.3, 0.4) is 0 Å². The molecule has 3 N–H and O–H groups in total. The number of hydrogen-bond donors (Lipinski definition) is 2. The summed E-state index contributed by atoms with van der Waals surface area (Å²) in [6, 6.07) is 3.41. The van der Waals surface area contributed by atoms with Crippen molar-refractivity contribution < 1.29 is 4.79 Å². The van der Waals surface area contributed by atoms with Gasteiger partial charge in [0.25, 0.3) is 11.5 Å². The zero-order valence-electron chi connectivity index (χ0n) is 12.2. The standard InChI is InChI=1S/C15H23N3O2/c1-3-11-6-7-18(12(8-11)9-16)15(20)13-5-4-10(2)17-14(13)19/h4-5,11-12H,3,6-9,16H2,1-2H3,(H,17,19). The van der Waals surface area contributed by atoms with Gasteiger partial charge in [-0.25, -0.2) is 0 Å². The monoisotopic (exact) mass is 277 g/mol. The molecule has 0 radical (unpaired) electrons. The molecule has 0 aliphatic carbocycles. The van der Waals surface area contributed by atoms with E-state index in [1.54, 1.807) is 24.0 Å². The Labute approximate surface area is 119 Å². The number of hydrogen-bond acceptors (Lipinski definition) is 3. The first-order valence-electron chi connectivity index (χ1n) is 7.27. The number of carbonyl (C=O) groups excluding carboxylic acids is 1. The van der Waals surface area contributed by atoms with Crippen LogP contribution in [-0.2, 0) is 0 Å². The molecule has 1 aromatic rings. The Balaban J connectivity index is 2.21. The predicted octanol–water partition coefficient (Wildman–Crippen LogP) is 1.27. The van der Waals surface area contributed by atoms with Crippen molar-refractivity contribution in [1.29, 1.82) is 0 Å². The molecule has 1 aromatic heterocycles. The quantitative estimate of drug-likeness (QED) is 0.873. The summed E-state index contributed by atoms with van der Waals surface area (Å²) in [5, 5.41) is 0. The van der Waals surface area contributed by atoms with Crippen molar-refractivity contribution in [3.8, 4) is 0 Å². The molecule has 2 heterocycles. The Morgan fingerprint density at radius 1 is 1.50 bits per heavy atom. The minimum atomic E-state index is -0.316. The Morgan fingerprint density at radius 3 is 2.85 bits per heavy atom. The second-order valence-corrected chi connectivity index (χ2v) is 5.57. The third kappa shape index (κ3) is 2.93. The molecule has 2 rings (SSSR count). The molecule has 110 valence electrons. The Kier molecular flexibility index (Phi) is 4.60. The average molecular weight is 277 g/mol. The molecule has 1 saturated heterocycles. The average Bonchev–Trinajstić information content (AvgIpc) is 2.46. The molecule has 0 saturated carbocycles. The second kappa shape index (κ2) is 6.22. The number of nitrogens with zero attached hydrogens (tertiary/aromatic N) is 1. The highest BCUT2D eigenvalue weighted by Crippen LogP contribution is 2.25. The molecule has 0 bridgehead atoms. The summed E-state index contributed by atoms with van der Waals surface area (Å²) in [6.45, 7) is 5.10. The van der Waals surface area contributed by atoms with Crippen molar-refractivity contribution in [3.63, 3.8) is 0 Å². The third-order valence-electron chi connectivity index (χ3n) is 4.22. The van der Waals surface area contributed by atoms with Crippen LogP contribution in [0, 0.1) is 12.8 Å². The lowest BCUT2D eigenvalue weighted by Crippen LogP contribution is -2.50. The molecule has 5 nitrogen and oxygen atoms in total. The third-order valence-corrected chi connectivity index (χ3v) is 4.22. The van der Waals surface area contributed by atoms with Crippen molar-refractivity contribution in [1.82, 2.24) is 9.88 Å². The van der Waals surface area contributed by atoms with E-state index in [-0.39, 0.29) is 23.1 Å². The van der Waals surface area contributed by atoms with E-state index in [2.05, 4.69) is 11.9 Å². The van der Waals surface area contributed by atoms with Crippen LogP contribution in [0.1, 0.15) is 42.2 Å². The molecule has 1 fully saturated rings. The normalized spacial score (nSPS) is 22.9. The SMILES string of the molecule is CCC1CCN(C(=O)c2ccc(C)[nH]c2=O)C(CN)C1.